The number of rotatable bonds is 1. The van der Waals surface area contributed by atoms with Gasteiger partial charge in [0, 0.05) is 31.7 Å². The molecule has 0 radical (unpaired) electrons. The van der Waals surface area contributed by atoms with Gasteiger partial charge in [0.15, 0.2) is 0 Å². The topological polar surface area (TPSA) is 73.0 Å². The van der Waals surface area contributed by atoms with Crippen LogP contribution in [-0.2, 0) is 20.0 Å². The van der Waals surface area contributed by atoms with Crippen molar-refractivity contribution in [3.63, 3.8) is 0 Å². The van der Waals surface area contributed by atoms with E-state index in [1.54, 1.807) is 15.4 Å². The van der Waals surface area contributed by atoms with Crippen LogP contribution in [0.3, 0.4) is 0 Å². The van der Waals surface area contributed by atoms with Gasteiger partial charge in [0.2, 0.25) is 0 Å². The predicted octanol–water partition coefficient (Wildman–Crippen LogP) is 1.67. The van der Waals surface area contributed by atoms with Crippen molar-refractivity contribution >= 4 is 16.8 Å². The summed E-state index contributed by atoms with van der Waals surface area (Å²) in [5.74, 6) is 0.796. The second kappa shape index (κ2) is 5.77. The van der Waals surface area contributed by atoms with Gasteiger partial charge in [-0.2, -0.15) is 5.10 Å². The number of hydrogen-bond donors (Lipinski definition) is 0. The Morgan fingerprint density at radius 1 is 1.19 bits per heavy atom. The average Bonchev–Trinajstić information content (AvgIpc) is 3.15. The number of aromatic nitrogens is 4. The minimum absolute atomic E-state index is 0.00638. The summed E-state index contributed by atoms with van der Waals surface area (Å²) in [6, 6.07) is 7.55. The molecule has 0 spiro atoms. The Morgan fingerprint density at radius 3 is 2.74 bits per heavy atom. The highest BCUT2D eigenvalue weighted by molar-refractivity contribution is 5.95. The maximum Gasteiger partial charge on any atom is 0.261 e. The van der Waals surface area contributed by atoms with E-state index < -0.39 is 0 Å². The molecule has 2 aliphatic heterocycles. The minimum Gasteiger partial charge on any atom is -0.330 e. The van der Waals surface area contributed by atoms with Crippen LogP contribution in [0.4, 0.5) is 0 Å². The Bertz CT molecular complexity index is 1130. The fourth-order valence-electron chi connectivity index (χ4n) is 4.50. The molecule has 2 aromatic heterocycles. The lowest BCUT2D eigenvalue weighted by molar-refractivity contribution is 0.0665. The standard InChI is InChI=1S/C20H21N5O2/c1-12-16(10-21-23(12)2)20(27)25-13-7-8-14(25)11-24-18(9-13)22-17-6-4-3-5-15(17)19(24)26/h3-6,10,13-14H,7-9,11H2,1-2H3/t13-,14+/m0/s1. The van der Waals surface area contributed by atoms with Crippen LogP contribution in [0.5, 0.6) is 0 Å². The van der Waals surface area contributed by atoms with Gasteiger partial charge < -0.3 is 4.90 Å². The van der Waals surface area contributed by atoms with Crippen LogP contribution in [0, 0.1) is 6.92 Å². The second-order valence-electron chi connectivity index (χ2n) is 7.53. The van der Waals surface area contributed by atoms with Gasteiger partial charge in [-0.1, -0.05) is 12.1 Å². The van der Waals surface area contributed by atoms with E-state index in [2.05, 4.69) is 5.10 Å². The summed E-state index contributed by atoms with van der Waals surface area (Å²) in [4.78, 5) is 33.0. The van der Waals surface area contributed by atoms with Crippen molar-refractivity contribution in [2.75, 3.05) is 0 Å². The number of benzene rings is 1. The van der Waals surface area contributed by atoms with Crippen molar-refractivity contribution in [2.45, 2.75) is 44.8 Å². The summed E-state index contributed by atoms with van der Waals surface area (Å²) >= 11 is 0. The first-order valence-electron chi connectivity index (χ1n) is 9.34. The van der Waals surface area contributed by atoms with Gasteiger partial charge >= 0.3 is 0 Å². The smallest absolute Gasteiger partial charge is 0.261 e. The monoisotopic (exact) mass is 363 g/mol. The molecule has 5 rings (SSSR count). The van der Waals surface area contributed by atoms with Crippen molar-refractivity contribution in [2.24, 2.45) is 7.05 Å². The summed E-state index contributed by atoms with van der Waals surface area (Å²) in [6.45, 7) is 2.42. The molecule has 7 nitrogen and oxygen atoms in total. The minimum atomic E-state index is -0.00638. The molecular weight excluding hydrogens is 342 g/mol. The molecule has 138 valence electrons. The molecular formula is C20H21N5O2. The molecule has 2 atom stereocenters. The zero-order valence-electron chi connectivity index (χ0n) is 15.4. The van der Waals surface area contributed by atoms with E-state index in [9.17, 15) is 9.59 Å². The fourth-order valence-corrected chi connectivity index (χ4v) is 4.50. The number of amides is 1. The molecule has 0 saturated carbocycles. The molecule has 1 aromatic carbocycles. The number of carbonyl (C=O) groups excluding carboxylic acids is 1. The molecule has 0 unspecified atom stereocenters. The molecule has 4 heterocycles. The van der Waals surface area contributed by atoms with Gasteiger partial charge in [-0.15, -0.1) is 0 Å². The predicted molar refractivity (Wildman–Crippen MR) is 101 cm³/mol. The number of aryl methyl sites for hydroxylation is 1. The highest BCUT2D eigenvalue weighted by atomic mass is 16.2. The Kier molecular flexibility index (Phi) is 3.47. The molecule has 1 saturated heterocycles. The molecule has 1 amide bonds. The lowest BCUT2D eigenvalue weighted by Crippen LogP contribution is -2.42. The number of carbonyl (C=O) groups is 1. The maximum absolute atomic E-state index is 13.3. The first-order chi connectivity index (χ1) is 13.0. The van der Waals surface area contributed by atoms with Crippen LogP contribution in [0.1, 0.15) is 34.7 Å². The molecule has 0 N–H and O–H groups in total. The van der Waals surface area contributed by atoms with E-state index in [1.165, 1.54) is 0 Å². The van der Waals surface area contributed by atoms with Crippen molar-refractivity contribution < 1.29 is 4.79 Å². The van der Waals surface area contributed by atoms with Crippen molar-refractivity contribution in [3.05, 3.63) is 57.9 Å². The van der Waals surface area contributed by atoms with Crippen LogP contribution < -0.4 is 5.56 Å². The maximum atomic E-state index is 13.3. The van der Waals surface area contributed by atoms with Crippen molar-refractivity contribution in [1.29, 1.82) is 0 Å². The summed E-state index contributed by atoms with van der Waals surface area (Å²) in [6.07, 6.45) is 4.11. The second-order valence-corrected chi connectivity index (χ2v) is 7.53. The third-order valence-corrected chi connectivity index (χ3v) is 6.07. The first kappa shape index (κ1) is 16.2. The molecule has 27 heavy (non-hydrogen) atoms. The lowest BCUT2D eigenvalue weighted by Gasteiger charge is -2.27. The van der Waals surface area contributed by atoms with E-state index >= 15 is 0 Å². The summed E-state index contributed by atoms with van der Waals surface area (Å²) < 4.78 is 3.50. The zero-order valence-corrected chi connectivity index (χ0v) is 15.4. The summed E-state index contributed by atoms with van der Waals surface area (Å²) in [7, 11) is 1.84. The van der Waals surface area contributed by atoms with Gasteiger partial charge in [-0.05, 0) is 31.9 Å². The molecule has 2 aliphatic rings. The molecule has 3 aromatic rings. The van der Waals surface area contributed by atoms with E-state index in [-0.39, 0.29) is 23.6 Å². The van der Waals surface area contributed by atoms with Crippen LogP contribution in [-0.4, -0.2) is 42.2 Å². The van der Waals surface area contributed by atoms with Crippen LogP contribution in [0.25, 0.3) is 10.9 Å². The third kappa shape index (κ3) is 2.34. The van der Waals surface area contributed by atoms with Crippen LogP contribution in [0.15, 0.2) is 35.3 Å². The molecule has 2 bridgehead atoms. The van der Waals surface area contributed by atoms with E-state index in [4.69, 9.17) is 4.98 Å². The number of fused-ring (bicyclic) bond motifs is 4. The molecule has 1 fully saturated rings. The van der Waals surface area contributed by atoms with Gasteiger partial charge in [-0.25, -0.2) is 4.98 Å². The summed E-state index contributed by atoms with van der Waals surface area (Å²) in [5, 5.41) is 4.86. The lowest BCUT2D eigenvalue weighted by atomic mass is 10.1. The van der Waals surface area contributed by atoms with Crippen LogP contribution >= 0.6 is 0 Å². The number of hydrogen-bond acceptors (Lipinski definition) is 4. The average molecular weight is 363 g/mol. The van der Waals surface area contributed by atoms with Crippen LogP contribution in [0.2, 0.25) is 0 Å². The molecule has 0 aliphatic carbocycles. The number of para-hydroxylation sites is 1. The van der Waals surface area contributed by atoms with Crippen molar-refractivity contribution in [1.82, 2.24) is 24.2 Å². The van der Waals surface area contributed by atoms with E-state index in [0.29, 0.717) is 23.9 Å². The van der Waals surface area contributed by atoms with E-state index in [1.807, 2.05) is 43.1 Å². The highest BCUT2D eigenvalue weighted by Gasteiger charge is 2.41. The quantitative estimate of drug-likeness (QED) is 0.659. The van der Waals surface area contributed by atoms with Gasteiger partial charge in [0.1, 0.15) is 5.82 Å². The SMILES string of the molecule is Cc1c(C(=O)N2[C@@H]3CC[C@H]2Cc2nc4ccccc4c(=O)n2C3)cnn1C. The molecule has 7 heteroatoms. The Labute approximate surface area is 156 Å². The zero-order chi connectivity index (χ0) is 18.7. The fraction of sp³-hybridized carbons (Fsp3) is 0.400. The van der Waals surface area contributed by atoms with Crippen molar-refractivity contribution in [3.8, 4) is 0 Å². The number of nitrogens with zero attached hydrogens (tertiary/aromatic N) is 5. The largest absolute Gasteiger partial charge is 0.330 e. The Morgan fingerprint density at radius 2 is 1.96 bits per heavy atom. The van der Waals surface area contributed by atoms with Gasteiger partial charge in [0.05, 0.1) is 28.7 Å². The Hall–Kier alpha value is -2.96. The highest BCUT2D eigenvalue weighted by Crippen LogP contribution is 2.32. The van der Waals surface area contributed by atoms with Gasteiger partial charge in [0.25, 0.3) is 11.5 Å². The van der Waals surface area contributed by atoms with Gasteiger partial charge in [-0.3, -0.25) is 18.8 Å². The summed E-state index contributed by atoms with van der Waals surface area (Å²) in [5.41, 5.74) is 2.23. The third-order valence-electron chi connectivity index (χ3n) is 6.07. The Balaban J connectivity index is 1.59. The van der Waals surface area contributed by atoms with E-state index in [0.717, 1.165) is 29.9 Å². The first-order valence-corrected chi connectivity index (χ1v) is 9.34. The normalized spacial score (nSPS) is 21.3.